The highest BCUT2D eigenvalue weighted by Gasteiger charge is 1.77. The molecule has 44 valence electrons. The van der Waals surface area contributed by atoms with Crippen molar-refractivity contribution in [2.45, 2.75) is 0 Å². The first kappa shape index (κ1) is 7.73. The number of rotatable bonds is 2. The minimum Gasteiger partial charge on any atom is -0.244 e. The van der Waals surface area contributed by atoms with Gasteiger partial charge in [0.05, 0.1) is 5.03 Å². The Hall–Kier alpha value is -0.270. The van der Waals surface area contributed by atoms with Crippen LogP contribution in [0.4, 0.5) is 0 Å². The van der Waals surface area contributed by atoms with E-state index < -0.39 is 0 Å². The van der Waals surface area contributed by atoms with E-state index in [-0.39, 0.29) is 5.16 Å². The molecule has 0 aliphatic heterocycles. The highest BCUT2D eigenvalue weighted by atomic mass is 35.5. The lowest BCUT2D eigenvalue weighted by molar-refractivity contribution is 1.56. The second-order valence-electron chi connectivity index (χ2n) is 1.08. The van der Waals surface area contributed by atoms with Gasteiger partial charge in [0.15, 0.2) is 0 Å². The van der Waals surface area contributed by atoms with Gasteiger partial charge < -0.3 is 0 Å². The fourth-order valence-corrected chi connectivity index (χ4v) is 0.238. The van der Waals surface area contributed by atoms with Crippen molar-refractivity contribution in [1.29, 1.82) is 0 Å². The molecule has 0 atom stereocenters. The molecule has 0 saturated carbocycles. The molecule has 0 unspecified atom stereocenters. The molecule has 3 heteroatoms. The van der Waals surface area contributed by atoms with E-state index in [2.05, 4.69) is 18.2 Å². The van der Waals surface area contributed by atoms with Gasteiger partial charge in [0.2, 0.25) is 0 Å². The number of hydrogen-bond donors (Lipinski definition) is 0. The first-order chi connectivity index (χ1) is 3.63. The van der Waals surface area contributed by atoms with Crippen molar-refractivity contribution in [2.24, 2.45) is 4.99 Å². The van der Waals surface area contributed by atoms with Gasteiger partial charge in [-0.3, -0.25) is 0 Å². The zero-order valence-corrected chi connectivity index (χ0v) is 5.71. The van der Waals surface area contributed by atoms with E-state index in [0.29, 0.717) is 5.03 Å². The summed E-state index contributed by atoms with van der Waals surface area (Å²) in [6.07, 6.45) is 1.33. The lowest BCUT2D eigenvalue weighted by atomic mass is 10.7. The number of halogens is 2. The quantitative estimate of drug-likeness (QED) is 0.423. The van der Waals surface area contributed by atoms with E-state index in [9.17, 15) is 0 Å². The Morgan fingerprint density at radius 2 is 1.88 bits per heavy atom. The van der Waals surface area contributed by atoms with Gasteiger partial charge in [-0.05, 0) is 0 Å². The maximum atomic E-state index is 5.28. The average Bonchev–Trinajstić information content (AvgIpc) is 1.61. The number of nitrogens with zero attached hydrogens (tertiary/aromatic N) is 1. The second-order valence-corrected chi connectivity index (χ2v) is 2.00. The SMILES string of the molecule is C=C(Cl)C=NC(=C)Cl. The predicted octanol–water partition coefficient (Wildman–Crippen LogP) is 2.52. The average molecular weight is 150 g/mol. The van der Waals surface area contributed by atoms with E-state index in [1.54, 1.807) is 0 Å². The number of hydrogen-bond acceptors (Lipinski definition) is 1. The second kappa shape index (κ2) is 3.70. The predicted molar refractivity (Wildman–Crippen MR) is 38.5 cm³/mol. The summed E-state index contributed by atoms with van der Waals surface area (Å²) in [5.41, 5.74) is 0. The zero-order chi connectivity index (χ0) is 6.57. The molecule has 0 N–H and O–H groups in total. The van der Waals surface area contributed by atoms with Crippen LogP contribution < -0.4 is 0 Å². The molecule has 0 rings (SSSR count). The van der Waals surface area contributed by atoms with E-state index in [4.69, 9.17) is 23.2 Å². The van der Waals surface area contributed by atoms with Crippen LogP contribution in [0.25, 0.3) is 0 Å². The van der Waals surface area contributed by atoms with Crippen LogP contribution in [0.3, 0.4) is 0 Å². The van der Waals surface area contributed by atoms with Crippen LogP contribution in [0.1, 0.15) is 0 Å². The van der Waals surface area contributed by atoms with E-state index in [1.807, 2.05) is 0 Å². The Labute approximate surface area is 58.3 Å². The highest BCUT2D eigenvalue weighted by molar-refractivity contribution is 6.39. The normalized spacial score (nSPS) is 9.75. The summed E-state index contributed by atoms with van der Waals surface area (Å²) in [6, 6.07) is 0. The molecule has 0 bridgehead atoms. The number of aliphatic imine (C=N–C) groups is 1. The number of allylic oxidation sites excluding steroid dienone is 1. The van der Waals surface area contributed by atoms with Crippen LogP contribution >= 0.6 is 23.2 Å². The summed E-state index contributed by atoms with van der Waals surface area (Å²) >= 11 is 10.5. The van der Waals surface area contributed by atoms with Gasteiger partial charge in [0.25, 0.3) is 0 Å². The van der Waals surface area contributed by atoms with Crippen LogP contribution in [-0.2, 0) is 0 Å². The van der Waals surface area contributed by atoms with Crippen molar-refractivity contribution in [3.05, 3.63) is 23.3 Å². The molecule has 1 nitrogen and oxygen atoms in total. The minimum atomic E-state index is 0.201. The Kier molecular flexibility index (Phi) is 3.57. The third kappa shape index (κ3) is 5.73. The van der Waals surface area contributed by atoms with Gasteiger partial charge in [0, 0.05) is 6.21 Å². The van der Waals surface area contributed by atoms with Crippen molar-refractivity contribution in [3.63, 3.8) is 0 Å². The van der Waals surface area contributed by atoms with E-state index >= 15 is 0 Å². The molecule has 0 amide bonds. The van der Waals surface area contributed by atoms with Crippen molar-refractivity contribution >= 4 is 29.4 Å². The first-order valence-corrected chi connectivity index (χ1v) is 2.61. The summed E-state index contributed by atoms with van der Waals surface area (Å²) < 4.78 is 0. The van der Waals surface area contributed by atoms with Gasteiger partial charge >= 0.3 is 0 Å². The molecule has 0 aliphatic carbocycles. The smallest absolute Gasteiger partial charge is 0.121 e. The maximum Gasteiger partial charge on any atom is 0.121 e. The van der Waals surface area contributed by atoms with Crippen LogP contribution in [-0.4, -0.2) is 6.21 Å². The van der Waals surface area contributed by atoms with Gasteiger partial charge in [-0.15, -0.1) is 0 Å². The highest BCUT2D eigenvalue weighted by Crippen LogP contribution is 1.99. The summed E-state index contributed by atoms with van der Waals surface area (Å²) in [5.74, 6) is 0. The molecule has 0 fully saturated rings. The standard InChI is InChI=1S/C5H5Cl2N/c1-4(6)3-8-5(2)7/h3H,1-2H2. The van der Waals surface area contributed by atoms with Gasteiger partial charge in [-0.25, -0.2) is 4.99 Å². The minimum absolute atomic E-state index is 0.201. The molecular formula is C5H5Cl2N. The topological polar surface area (TPSA) is 12.4 Å². The fourth-order valence-electron chi connectivity index (χ4n) is 0.140. The van der Waals surface area contributed by atoms with Crippen molar-refractivity contribution < 1.29 is 0 Å². The Bertz CT molecular complexity index is 121. The Balaban J connectivity index is 3.67. The maximum absolute atomic E-state index is 5.28. The molecule has 0 aliphatic rings. The monoisotopic (exact) mass is 149 g/mol. The van der Waals surface area contributed by atoms with E-state index in [1.165, 1.54) is 6.21 Å². The summed E-state index contributed by atoms with van der Waals surface area (Å²) in [4.78, 5) is 3.54. The molecule has 0 aromatic rings. The zero-order valence-electron chi connectivity index (χ0n) is 4.19. The molecule has 0 aromatic carbocycles. The molecule has 0 radical (unpaired) electrons. The lowest BCUT2D eigenvalue weighted by Crippen LogP contribution is -1.67. The molecule has 0 saturated heterocycles. The molecular weight excluding hydrogens is 145 g/mol. The summed E-state index contributed by atoms with van der Waals surface area (Å²) in [5, 5.41) is 0.540. The van der Waals surface area contributed by atoms with Gasteiger partial charge in [-0.1, -0.05) is 36.4 Å². The van der Waals surface area contributed by atoms with Crippen LogP contribution in [0.2, 0.25) is 0 Å². The third-order valence-corrected chi connectivity index (χ3v) is 0.540. The van der Waals surface area contributed by atoms with Crippen LogP contribution in [0, 0.1) is 0 Å². The van der Waals surface area contributed by atoms with Crippen molar-refractivity contribution in [1.82, 2.24) is 0 Å². The van der Waals surface area contributed by atoms with Crippen LogP contribution in [0.5, 0.6) is 0 Å². The fraction of sp³-hybridized carbons (Fsp3) is 0. The van der Waals surface area contributed by atoms with Crippen molar-refractivity contribution in [3.8, 4) is 0 Å². The van der Waals surface area contributed by atoms with Crippen LogP contribution in [0.15, 0.2) is 28.3 Å². The third-order valence-electron chi connectivity index (χ3n) is 0.345. The summed E-state index contributed by atoms with van der Waals surface area (Å²) in [6.45, 7) is 6.64. The summed E-state index contributed by atoms with van der Waals surface area (Å²) in [7, 11) is 0. The Morgan fingerprint density at radius 1 is 1.38 bits per heavy atom. The lowest BCUT2D eigenvalue weighted by Gasteiger charge is -1.80. The van der Waals surface area contributed by atoms with E-state index in [0.717, 1.165) is 0 Å². The molecule has 0 aromatic heterocycles. The molecule has 8 heavy (non-hydrogen) atoms. The van der Waals surface area contributed by atoms with Gasteiger partial charge in [-0.2, -0.15) is 0 Å². The molecule has 0 spiro atoms. The first-order valence-electron chi connectivity index (χ1n) is 1.86. The van der Waals surface area contributed by atoms with Gasteiger partial charge in [0.1, 0.15) is 5.16 Å². The Morgan fingerprint density at radius 3 is 2.00 bits per heavy atom. The van der Waals surface area contributed by atoms with Crippen molar-refractivity contribution in [2.75, 3.05) is 0 Å². The largest absolute Gasteiger partial charge is 0.244 e. The molecule has 0 heterocycles.